The zero-order valence-electron chi connectivity index (χ0n) is 10.4. The monoisotopic (exact) mass is 247 g/mol. The average molecular weight is 247 g/mol. The van der Waals surface area contributed by atoms with Gasteiger partial charge in [0, 0.05) is 6.42 Å². The topological polar surface area (TPSA) is 58.6 Å². The summed E-state index contributed by atoms with van der Waals surface area (Å²) in [6, 6.07) is 7.70. The highest BCUT2D eigenvalue weighted by Crippen LogP contribution is 2.13. The van der Waals surface area contributed by atoms with Crippen LogP contribution in [-0.4, -0.2) is 17.7 Å². The fourth-order valence-corrected chi connectivity index (χ4v) is 1.45. The highest BCUT2D eigenvalue weighted by Gasteiger charge is 2.00. The quantitative estimate of drug-likeness (QED) is 0.458. The molecule has 0 aliphatic heterocycles. The van der Waals surface area contributed by atoms with Crippen LogP contribution in [0.25, 0.3) is 0 Å². The fraction of sp³-hybridized carbons (Fsp3) is 0.357. The Morgan fingerprint density at radius 2 is 2.11 bits per heavy atom. The van der Waals surface area contributed by atoms with Crippen molar-refractivity contribution in [3.05, 3.63) is 29.8 Å². The van der Waals surface area contributed by atoms with Crippen LogP contribution in [0.3, 0.4) is 0 Å². The Morgan fingerprint density at radius 1 is 1.39 bits per heavy atom. The van der Waals surface area contributed by atoms with E-state index in [9.17, 15) is 4.79 Å². The number of hydroxylamine groups is 1. The number of hydrogen-bond acceptors (Lipinski definition) is 3. The molecule has 0 aliphatic rings. The Balaban J connectivity index is 2.35. The van der Waals surface area contributed by atoms with Crippen LogP contribution < -0.4 is 10.2 Å². The van der Waals surface area contributed by atoms with Gasteiger partial charge in [0.05, 0.1) is 0 Å². The Labute approximate surface area is 107 Å². The van der Waals surface area contributed by atoms with Gasteiger partial charge >= 0.3 is 0 Å². The van der Waals surface area contributed by atoms with E-state index in [0.717, 1.165) is 17.7 Å². The first-order valence-electron chi connectivity index (χ1n) is 5.80. The van der Waals surface area contributed by atoms with E-state index >= 15 is 0 Å². The Morgan fingerprint density at radius 3 is 2.72 bits per heavy atom. The van der Waals surface area contributed by atoms with E-state index in [0.29, 0.717) is 19.4 Å². The molecule has 0 atom stereocenters. The van der Waals surface area contributed by atoms with Crippen molar-refractivity contribution in [3.8, 4) is 17.6 Å². The predicted molar refractivity (Wildman–Crippen MR) is 68.3 cm³/mol. The third kappa shape index (κ3) is 5.37. The van der Waals surface area contributed by atoms with E-state index in [4.69, 9.17) is 9.94 Å². The number of nitrogens with one attached hydrogen (secondary N) is 1. The van der Waals surface area contributed by atoms with Crippen LogP contribution >= 0.6 is 0 Å². The second-order valence-corrected chi connectivity index (χ2v) is 3.75. The smallest absolute Gasteiger partial charge is 0.243 e. The van der Waals surface area contributed by atoms with Gasteiger partial charge in [-0.2, -0.15) is 0 Å². The van der Waals surface area contributed by atoms with Gasteiger partial charge < -0.3 is 4.74 Å². The molecule has 1 aromatic rings. The van der Waals surface area contributed by atoms with E-state index in [1.807, 2.05) is 24.3 Å². The van der Waals surface area contributed by atoms with Gasteiger partial charge in [-0.1, -0.05) is 18.1 Å². The molecule has 0 aliphatic carbocycles. The summed E-state index contributed by atoms with van der Waals surface area (Å²) in [5.74, 6) is 6.02. The molecule has 4 heteroatoms. The zero-order chi connectivity index (χ0) is 13.2. The van der Waals surface area contributed by atoms with Crippen LogP contribution in [0.4, 0.5) is 0 Å². The maximum Gasteiger partial charge on any atom is 0.243 e. The molecule has 2 N–H and O–H groups in total. The van der Waals surface area contributed by atoms with Gasteiger partial charge in [-0.25, -0.2) is 5.48 Å². The molecule has 0 radical (unpaired) electrons. The second-order valence-electron chi connectivity index (χ2n) is 3.75. The largest absolute Gasteiger partial charge is 0.481 e. The first kappa shape index (κ1) is 14.1. The first-order chi connectivity index (χ1) is 8.76. The van der Waals surface area contributed by atoms with Gasteiger partial charge in [0.15, 0.2) is 0 Å². The van der Waals surface area contributed by atoms with Crippen molar-refractivity contribution in [1.29, 1.82) is 0 Å². The van der Waals surface area contributed by atoms with Crippen molar-refractivity contribution < 1.29 is 14.7 Å². The van der Waals surface area contributed by atoms with Crippen LogP contribution in [-0.2, 0) is 11.2 Å². The van der Waals surface area contributed by atoms with Crippen molar-refractivity contribution in [3.63, 3.8) is 0 Å². The summed E-state index contributed by atoms with van der Waals surface area (Å²) >= 11 is 0. The van der Waals surface area contributed by atoms with Crippen LogP contribution in [0.15, 0.2) is 24.3 Å². The minimum Gasteiger partial charge on any atom is -0.481 e. The predicted octanol–water partition coefficient (Wildman–Crippen LogP) is 1.92. The van der Waals surface area contributed by atoms with Crippen LogP contribution in [0, 0.1) is 11.8 Å². The van der Waals surface area contributed by atoms with E-state index in [1.54, 1.807) is 12.4 Å². The minimum atomic E-state index is -0.354. The Hall–Kier alpha value is -1.99. The molecular weight excluding hydrogens is 230 g/mol. The molecule has 1 amide bonds. The maximum atomic E-state index is 10.8. The summed E-state index contributed by atoms with van der Waals surface area (Å²) in [5.41, 5.74) is 2.75. The molecule has 0 saturated heterocycles. The molecule has 96 valence electrons. The van der Waals surface area contributed by atoms with Crippen LogP contribution in [0.1, 0.15) is 25.3 Å². The normalized spacial score (nSPS) is 9.22. The number of ether oxygens (including phenoxy) is 1. The number of benzene rings is 1. The molecule has 0 unspecified atom stereocenters. The summed E-state index contributed by atoms with van der Waals surface area (Å²) in [7, 11) is 0. The highest BCUT2D eigenvalue weighted by atomic mass is 16.5. The van der Waals surface area contributed by atoms with Gasteiger partial charge in [-0.3, -0.25) is 10.0 Å². The molecular formula is C14H17NO3. The summed E-state index contributed by atoms with van der Waals surface area (Å²) in [5, 5.41) is 8.34. The van der Waals surface area contributed by atoms with Crippen molar-refractivity contribution in [2.45, 2.75) is 26.2 Å². The first-order valence-corrected chi connectivity index (χ1v) is 5.80. The molecule has 1 rings (SSSR count). The molecule has 0 saturated carbocycles. The van der Waals surface area contributed by atoms with E-state index in [1.165, 1.54) is 0 Å². The zero-order valence-corrected chi connectivity index (χ0v) is 10.4. The average Bonchev–Trinajstić information content (AvgIpc) is 2.40. The van der Waals surface area contributed by atoms with Gasteiger partial charge in [-0.15, -0.1) is 5.92 Å². The Kier molecular flexibility index (Phi) is 6.37. The van der Waals surface area contributed by atoms with E-state index in [-0.39, 0.29) is 5.91 Å². The SMILES string of the molecule is CC#CCOc1ccc(CCCC(=O)NO)cc1. The molecule has 0 spiro atoms. The molecule has 4 nitrogen and oxygen atoms in total. The lowest BCUT2D eigenvalue weighted by atomic mass is 10.1. The van der Waals surface area contributed by atoms with Crippen molar-refractivity contribution in [1.82, 2.24) is 5.48 Å². The maximum absolute atomic E-state index is 10.8. The molecule has 0 bridgehead atoms. The lowest BCUT2D eigenvalue weighted by Gasteiger charge is -2.04. The number of aryl methyl sites for hydroxylation is 1. The summed E-state index contributed by atoms with van der Waals surface area (Å²) in [6.07, 6.45) is 1.82. The van der Waals surface area contributed by atoms with Gasteiger partial charge in [0.1, 0.15) is 12.4 Å². The number of carbonyl (C=O) groups excluding carboxylic acids is 1. The number of amides is 1. The molecule has 0 heterocycles. The van der Waals surface area contributed by atoms with Crippen LogP contribution in [0.5, 0.6) is 5.75 Å². The summed E-state index contributed by atoms with van der Waals surface area (Å²) < 4.78 is 5.39. The lowest BCUT2D eigenvalue weighted by molar-refractivity contribution is -0.129. The summed E-state index contributed by atoms with van der Waals surface area (Å²) in [6.45, 7) is 2.17. The summed E-state index contributed by atoms with van der Waals surface area (Å²) in [4.78, 5) is 10.8. The van der Waals surface area contributed by atoms with E-state index < -0.39 is 0 Å². The van der Waals surface area contributed by atoms with Crippen molar-refractivity contribution >= 4 is 5.91 Å². The molecule has 0 aromatic heterocycles. The minimum absolute atomic E-state index is 0.320. The number of hydrogen-bond donors (Lipinski definition) is 2. The third-order valence-corrected chi connectivity index (χ3v) is 2.41. The van der Waals surface area contributed by atoms with Crippen molar-refractivity contribution in [2.24, 2.45) is 0 Å². The number of rotatable bonds is 6. The van der Waals surface area contributed by atoms with Gasteiger partial charge in [0.25, 0.3) is 0 Å². The second kappa shape index (κ2) is 8.15. The number of carbonyl (C=O) groups is 1. The third-order valence-electron chi connectivity index (χ3n) is 2.41. The molecule has 1 aromatic carbocycles. The van der Waals surface area contributed by atoms with Gasteiger partial charge in [-0.05, 0) is 37.5 Å². The highest BCUT2D eigenvalue weighted by molar-refractivity contribution is 5.74. The molecule has 0 fully saturated rings. The standard InChI is InChI=1S/C14H17NO3/c1-2-3-11-18-13-9-7-12(8-10-13)5-4-6-14(16)15-17/h7-10,17H,4-6,11H2,1H3,(H,15,16). The fourth-order valence-electron chi connectivity index (χ4n) is 1.45. The van der Waals surface area contributed by atoms with Gasteiger partial charge in [0.2, 0.25) is 5.91 Å². The Bertz CT molecular complexity index is 429. The molecule has 18 heavy (non-hydrogen) atoms. The van der Waals surface area contributed by atoms with Crippen molar-refractivity contribution in [2.75, 3.05) is 6.61 Å². The lowest BCUT2D eigenvalue weighted by Crippen LogP contribution is -2.18. The van der Waals surface area contributed by atoms with Crippen LogP contribution in [0.2, 0.25) is 0 Å². The van der Waals surface area contributed by atoms with E-state index in [2.05, 4.69) is 11.8 Å².